The Labute approximate surface area is 197 Å². The van der Waals surface area contributed by atoms with Gasteiger partial charge >= 0.3 is 6.18 Å². The molecule has 0 aliphatic heterocycles. The number of unbranched alkanes of at least 4 members (excludes halogenated alkanes) is 7. The zero-order valence-corrected chi connectivity index (χ0v) is 20.2. The van der Waals surface area contributed by atoms with E-state index in [-0.39, 0.29) is 5.91 Å². The standard InChI is InChI=1S/C27H39F3N2O/c1-3-5-7-8-9-10-11-17-26(33)32(18-6-4-2)22-25-16-13-19-31(25)21-23-14-12-15-24(20-23)27(28,29)30/h12-16,19-20H,3-11,17-18,21-22H2,1-2H3. The zero-order valence-electron chi connectivity index (χ0n) is 20.2. The van der Waals surface area contributed by atoms with Gasteiger partial charge in [0.05, 0.1) is 12.1 Å². The third-order valence-corrected chi connectivity index (χ3v) is 6.01. The van der Waals surface area contributed by atoms with Crippen molar-refractivity contribution in [1.82, 2.24) is 9.47 Å². The summed E-state index contributed by atoms with van der Waals surface area (Å²) in [6.07, 6.45) is 8.24. The lowest BCUT2D eigenvalue weighted by molar-refractivity contribution is -0.137. The van der Waals surface area contributed by atoms with Gasteiger partial charge < -0.3 is 9.47 Å². The molecule has 1 aromatic heterocycles. The van der Waals surface area contributed by atoms with Crippen LogP contribution in [0.4, 0.5) is 13.2 Å². The Hall–Kier alpha value is -2.24. The Morgan fingerprint density at radius 1 is 0.909 bits per heavy atom. The predicted octanol–water partition coefficient (Wildman–Crippen LogP) is 7.82. The van der Waals surface area contributed by atoms with Gasteiger partial charge in [0.2, 0.25) is 5.91 Å². The Balaban J connectivity index is 1.97. The average Bonchev–Trinajstić information content (AvgIpc) is 3.21. The number of amides is 1. The number of aromatic nitrogens is 1. The number of nitrogens with zero attached hydrogens (tertiary/aromatic N) is 2. The number of halogens is 3. The van der Waals surface area contributed by atoms with Crippen LogP contribution in [0.1, 0.15) is 94.9 Å². The molecule has 33 heavy (non-hydrogen) atoms. The normalized spacial score (nSPS) is 11.7. The van der Waals surface area contributed by atoms with Gasteiger partial charge in [-0.25, -0.2) is 0 Å². The molecule has 0 saturated carbocycles. The number of rotatable bonds is 15. The molecule has 184 valence electrons. The van der Waals surface area contributed by atoms with E-state index in [0.29, 0.717) is 31.6 Å². The van der Waals surface area contributed by atoms with Crippen molar-refractivity contribution in [2.75, 3.05) is 6.54 Å². The fourth-order valence-corrected chi connectivity index (χ4v) is 4.02. The first-order valence-electron chi connectivity index (χ1n) is 12.4. The monoisotopic (exact) mass is 464 g/mol. The van der Waals surface area contributed by atoms with E-state index < -0.39 is 11.7 Å². The topological polar surface area (TPSA) is 25.2 Å². The first-order chi connectivity index (χ1) is 15.8. The highest BCUT2D eigenvalue weighted by molar-refractivity contribution is 5.76. The highest BCUT2D eigenvalue weighted by Gasteiger charge is 2.30. The Morgan fingerprint density at radius 3 is 2.30 bits per heavy atom. The van der Waals surface area contributed by atoms with Crippen molar-refractivity contribution in [3.05, 3.63) is 59.4 Å². The summed E-state index contributed by atoms with van der Waals surface area (Å²) in [5.41, 5.74) is 0.899. The molecule has 1 heterocycles. The van der Waals surface area contributed by atoms with E-state index in [0.717, 1.165) is 37.4 Å². The molecule has 0 aliphatic carbocycles. The first-order valence-corrected chi connectivity index (χ1v) is 12.4. The largest absolute Gasteiger partial charge is 0.416 e. The highest BCUT2D eigenvalue weighted by Crippen LogP contribution is 2.29. The summed E-state index contributed by atoms with van der Waals surface area (Å²) >= 11 is 0. The smallest absolute Gasteiger partial charge is 0.345 e. The number of hydrogen-bond donors (Lipinski definition) is 0. The van der Waals surface area contributed by atoms with Gasteiger partial charge in [-0.2, -0.15) is 13.2 Å². The van der Waals surface area contributed by atoms with E-state index >= 15 is 0 Å². The molecule has 0 N–H and O–H groups in total. The molecule has 1 aromatic carbocycles. The molecule has 3 nitrogen and oxygen atoms in total. The van der Waals surface area contributed by atoms with Gasteiger partial charge in [0.15, 0.2) is 0 Å². The van der Waals surface area contributed by atoms with Crippen LogP contribution in [0.5, 0.6) is 0 Å². The lowest BCUT2D eigenvalue weighted by Gasteiger charge is -2.24. The van der Waals surface area contributed by atoms with Crippen LogP contribution in [0.2, 0.25) is 0 Å². The van der Waals surface area contributed by atoms with Gasteiger partial charge in [-0.05, 0) is 42.7 Å². The summed E-state index contributed by atoms with van der Waals surface area (Å²) in [6, 6.07) is 9.29. The van der Waals surface area contributed by atoms with Crippen LogP contribution in [-0.4, -0.2) is 21.9 Å². The van der Waals surface area contributed by atoms with Gasteiger partial charge in [-0.1, -0.05) is 70.9 Å². The van der Waals surface area contributed by atoms with Gasteiger partial charge in [-0.15, -0.1) is 0 Å². The molecule has 6 heteroatoms. The predicted molar refractivity (Wildman–Crippen MR) is 128 cm³/mol. The molecule has 0 saturated heterocycles. The minimum atomic E-state index is -4.35. The summed E-state index contributed by atoms with van der Waals surface area (Å²) in [5.74, 6) is 0.170. The third-order valence-electron chi connectivity index (χ3n) is 6.01. The number of hydrogen-bond acceptors (Lipinski definition) is 1. The Kier molecular flexibility index (Phi) is 11.6. The first kappa shape index (κ1) is 27.0. The molecule has 0 atom stereocenters. The second-order valence-electron chi connectivity index (χ2n) is 8.87. The number of carbonyl (C=O) groups is 1. The van der Waals surface area contributed by atoms with Crippen molar-refractivity contribution >= 4 is 5.91 Å². The fourth-order valence-electron chi connectivity index (χ4n) is 4.02. The van der Waals surface area contributed by atoms with E-state index in [1.165, 1.54) is 44.2 Å². The second kappa shape index (κ2) is 14.1. The molecule has 0 fully saturated rings. The molecular formula is C27H39F3N2O. The molecule has 0 radical (unpaired) electrons. The van der Waals surface area contributed by atoms with E-state index in [2.05, 4.69) is 13.8 Å². The highest BCUT2D eigenvalue weighted by atomic mass is 19.4. The van der Waals surface area contributed by atoms with Crippen molar-refractivity contribution in [2.45, 2.75) is 97.3 Å². The Morgan fingerprint density at radius 2 is 1.61 bits per heavy atom. The summed E-state index contributed by atoms with van der Waals surface area (Å²) in [4.78, 5) is 14.8. The maximum atomic E-state index is 13.1. The van der Waals surface area contributed by atoms with Crippen LogP contribution in [0.25, 0.3) is 0 Å². The van der Waals surface area contributed by atoms with E-state index in [9.17, 15) is 18.0 Å². The van der Waals surface area contributed by atoms with Gasteiger partial charge in [0.1, 0.15) is 0 Å². The van der Waals surface area contributed by atoms with Gasteiger partial charge in [0, 0.05) is 31.4 Å². The van der Waals surface area contributed by atoms with Crippen molar-refractivity contribution < 1.29 is 18.0 Å². The van der Waals surface area contributed by atoms with Gasteiger partial charge in [-0.3, -0.25) is 4.79 Å². The summed E-state index contributed by atoms with van der Waals surface area (Å²) in [6.45, 7) is 5.86. The fraction of sp³-hybridized carbons (Fsp3) is 0.593. The third kappa shape index (κ3) is 9.65. The van der Waals surface area contributed by atoms with Crippen LogP contribution in [0, 0.1) is 0 Å². The molecule has 0 bridgehead atoms. The Bertz CT molecular complexity index is 829. The van der Waals surface area contributed by atoms with Crippen molar-refractivity contribution in [3.63, 3.8) is 0 Å². The SMILES string of the molecule is CCCCCCCCCC(=O)N(CCCC)Cc1cccn1Cc1cccc(C(F)(F)F)c1. The number of alkyl halides is 3. The van der Waals surface area contributed by atoms with Crippen LogP contribution in [0.15, 0.2) is 42.6 Å². The van der Waals surface area contributed by atoms with Crippen LogP contribution < -0.4 is 0 Å². The van der Waals surface area contributed by atoms with Crippen molar-refractivity contribution in [2.24, 2.45) is 0 Å². The van der Waals surface area contributed by atoms with E-state index in [4.69, 9.17) is 0 Å². The molecule has 0 spiro atoms. The van der Waals surface area contributed by atoms with Crippen LogP contribution >= 0.6 is 0 Å². The van der Waals surface area contributed by atoms with Gasteiger partial charge in [0.25, 0.3) is 0 Å². The molecule has 2 aromatic rings. The van der Waals surface area contributed by atoms with Crippen molar-refractivity contribution in [3.8, 4) is 0 Å². The maximum absolute atomic E-state index is 13.1. The van der Waals surface area contributed by atoms with E-state index in [1.54, 1.807) is 6.07 Å². The van der Waals surface area contributed by atoms with Crippen molar-refractivity contribution in [1.29, 1.82) is 0 Å². The molecule has 0 unspecified atom stereocenters. The lowest BCUT2D eigenvalue weighted by atomic mass is 10.1. The average molecular weight is 465 g/mol. The minimum absolute atomic E-state index is 0.170. The minimum Gasteiger partial charge on any atom is -0.345 e. The maximum Gasteiger partial charge on any atom is 0.416 e. The molecule has 1 amide bonds. The summed E-state index contributed by atoms with van der Waals surface area (Å²) in [5, 5.41) is 0. The molecular weight excluding hydrogens is 425 g/mol. The van der Waals surface area contributed by atoms with Crippen LogP contribution in [0.3, 0.4) is 0 Å². The quantitative estimate of drug-likeness (QED) is 0.247. The number of benzene rings is 1. The molecule has 0 aliphatic rings. The van der Waals surface area contributed by atoms with Crippen LogP contribution in [-0.2, 0) is 24.1 Å². The summed E-state index contributed by atoms with van der Waals surface area (Å²) in [7, 11) is 0. The number of carbonyl (C=O) groups excluding carboxylic acids is 1. The zero-order chi connectivity index (χ0) is 24.1. The summed E-state index contributed by atoms with van der Waals surface area (Å²) < 4.78 is 41.1. The second-order valence-corrected chi connectivity index (χ2v) is 8.87. The lowest BCUT2D eigenvalue weighted by Crippen LogP contribution is -2.32. The van der Waals surface area contributed by atoms with E-state index in [1.807, 2.05) is 27.8 Å². The molecule has 2 rings (SSSR count).